The number of halogens is 9. The van der Waals surface area contributed by atoms with Crippen LogP contribution < -0.4 is 14.7 Å². The van der Waals surface area contributed by atoms with Gasteiger partial charge in [0.1, 0.15) is 0 Å². The van der Waals surface area contributed by atoms with Crippen molar-refractivity contribution in [2.45, 2.75) is 77.6 Å². The minimum atomic E-state index is -5.11. The summed E-state index contributed by atoms with van der Waals surface area (Å²) < 4.78 is 135. The minimum absolute atomic E-state index is 0.0162. The Kier molecular flexibility index (Phi) is 14.2. The highest BCUT2D eigenvalue weighted by Crippen LogP contribution is 2.38. The molecule has 1 aliphatic rings. The van der Waals surface area contributed by atoms with Gasteiger partial charge in [-0.15, -0.1) is 0 Å². The average molecular weight is 764 g/mol. The predicted molar refractivity (Wildman–Crippen MR) is 180 cm³/mol. The van der Waals surface area contributed by atoms with Crippen LogP contribution in [0.2, 0.25) is 0 Å². The van der Waals surface area contributed by atoms with E-state index >= 15 is 0 Å². The van der Waals surface area contributed by atoms with E-state index in [1.54, 1.807) is 6.92 Å². The summed E-state index contributed by atoms with van der Waals surface area (Å²) in [5, 5.41) is 0. The monoisotopic (exact) mass is 763 g/mol. The normalized spacial score (nSPS) is 14.0. The highest BCUT2D eigenvalue weighted by Gasteiger charge is 2.37. The van der Waals surface area contributed by atoms with E-state index in [2.05, 4.69) is 9.97 Å². The maximum absolute atomic E-state index is 14.0. The molecule has 0 bridgehead atoms. The van der Waals surface area contributed by atoms with Crippen LogP contribution in [0.3, 0.4) is 0 Å². The number of ether oxygens (including phenoxy) is 2. The molecule has 0 amide bonds. The summed E-state index contributed by atoms with van der Waals surface area (Å²) in [6.45, 7) is 5.62. The van der Waals surface area contributed by atoms with Crippen molar-refractivity contribution in [2.24, 2.45) is 0 Å². The smallest absolute Gasteiger partial charge is 0.416 e. The molecule has 1 saturated heterocycles. The molecule has 17 heteroatoms. The Balaban J connectivity index is 1.70. The van der Waals surface area contributed by atoms with Crippen molar-refractivity contribution < 1.29 is 53.8 Å². The number of aromatic nitrogens is 2. The molecule has 0 radical (unpaired) electrons. The summed E-state index contributed by atoms with van der Waals surface area (Å²) in [7, 11) is 0. The van der Waals surface area contributed by atoms with Gasteiger partial charge in [-0.25, -0.2) is 9.97 Å². The van der Waals surface area contributed by atoms with Gasteiger partial charge in [-0.2, -0.15) is 39.5 Å². The number of hydrogen-bond donors (Lipinski definition) is 0. The Morgan fingerprint density at radius 3 is 1.94 bits per heavy atom. The van der Waals surface area contributed by atoms with Crippen molar-refractivity contribution >= 4 is 23.3 Å². The molecule has 0 unspecified atom stereocenters. The van der Waals surface area contributed by atoms with Crippen LogP contribution in [0.15, 0.2) is 48.8 Å². The number of morpholine rings is 1. The van der Waals surface area contributed by atoms with Gasteiger partial charge in [0.15, 0.2) is 0 Å². The number of carbonyl (C=O) groups excluding carboxylic acids is 1. The zero-order valence-electron chi connectivity index (χ0n) is 29.4. The summed E-state index contributed by atoms with van der Waals surface area (Å²) in [6.07, 6.45) is -9.10. The molecule has 8 nitrogen and oxygen atoms in total. The van der Waals surface area contributed by atoms with Gasteiger partial charge in [0.2, 0.25) is 5.95 Å². The first-order valence-corrected chi connectivity index (χ1v) is 17.3. The molecule has 1 aliphatic heterocycles. The fourth-order valence-corrected chi connectivity index (χ4v) is 6.00. The second-order valence-corrected chi connectivity index (χ2v) is 12.5. The Morgan fingerprint density at radius 2 is 1.38 bits per heavy atom. The van der Waals surface area contributed by atoms with Gasteiger partial charge in [-0.05, 0) is 74.2 Å². The molecule has 0 atom stereocenters. The number of hydrogen-bond acceptors (Lipinski definition) is 8. The molecule has 4 rings (SSSR count). The van der Waals surface area contributed by atoms with Crippen molar-refractivity contribution in [3.8, 4) is 0 Å². The molecule has 2 heterocycles. The molecule has 0 aliphatic carbocycles. The summed E-state index contributed by atoms with van der Waals surface area (Å²) >= 11 is 0. The van der Waals surface area contributed by atoms with Crippen LogP contribution in [-0.4, -0.2) is 61.9 Å². The van der Waals surface area contributed by atoms with Gasteiger partial charge in [0.05, 0.1) is 54.6 Å². The Bertz CT molecular complexity index is 1590. The standard InChI is InChI=1S/C36H42F9N5O3/c1-3-48(12-8-6-5-7-9-32(51)53-4-2)31-11-10-27(34(37,38)39)19-26(31)24-50(33-46-21-30(22-47-33)49-13-15-52-16-14-49)23-25-17-28(35(40,41)42)20-29(18-25)36(43,44)45/h10-11,17-22H,3-9,12-16,23-24H2,1-2H3. The molecule has 1 aromatic heterocycles. The van der Waals surface area contributed by atoms with Gasteiger partial charge in [0.25, 0.3) is 0 Å². The van der Waals surface area contributed by atoms with Crippen LogP contribution in [0.25, 0.3) is 0 Å². The first kappa shape index (κ1) is 41.5. The Hall–Kier alpha value is -4.28. The van der Waals surface area contributed by atoms with E-state index in [1.165, 1.54) is 23.4 Å². The highest BCUT2D eigenvalue weighted by molar-refractivity contribution is 5.69. The van der Waals surface area contributed by atoms with Gasteiger partial charge in [-0.1, -0.05) is 12.8 Å². The fraction of sp³-hybridized carbons (Fsp3) is 0.528. The van der Waals surface area contributed by atoms with E-state index in [0.29, 0.717) is 75.7 Å². The fourth-order valence-electron chi connectivity index (χ4n) is 6.00. The average Bonchev–Trinajstić information content (AvgIpc) is 3.10. The maximum Gasteiger partial charge on any atom is 0.416 e. The number of anilines is 3. The SMILES string of the molecule is CCOC(=O)CCCCCCN(CC)c1ccc(C(F)(F)F)cc1CN(Cc1cc(C(F)(F)F)cc(C(F)(F)F)c1)c1ncc(N2CCOCC2)cn1. The number of rotatable bonds is 16. The van der Waals surface area contributed by atoms with Crippen LogP contribution in [-0.2, 0) is 45.9 Å². The molecule has 292 valence electrons. The molecule has 3 aromatic rings. The number of unbranched alkanes of at least 4 members (excludes halogenated alkanes) is 3. The summed E-state index contributed by atoms with van der Waals surface area (Å²) in [5.74, 6) is -0.401. The topological polar surface area (TPSA) is 71.0 Å². The lowest BCUT2D eigenvalue weighted by molar-refractivity contribution is -0.144. The minimum Gasteiger partial charge on any atom is -0.466 e. The van der Waals surface area contributed by atoms with Crippen molar-refractivity contribution in [3.63, 3.8) is 0 Å². The molecule has 1 fully saturated rings. The van der Waals surface area contributed by atoms with Crippen molar-refractivity contribution in [1.29, 1.82) is 0 Å². The van der Waals surface area contributed by atoms with Gasteiger partial charge in [0, 0.05) is 51.4 Å². The first-order chi connectivity index (χ1) is 25.0. The van der Waals surface area contributed by atoms with Crippen molar-refractivity contribution in [1.82, 2.24) is 9.97 Å². The third-order valence-electron chi connectivity index (χ3n) is 8.66. The quantitative estimate of drug-likeness (QED) is 0.0815. The summed E-state index contributed by atoms with van der Waals surface area (Å²) in [4.78, 5) is 25.4. The second-order valence-electron chi connectivity index (χ2n) is 12.5. The predicted octanol–water partition coefficient (Wildman–Crippen LogP) is 8.92. The zero-order valence-corrected chi connectivity index (χ0v) is 29.4. The van der Waals surface area contributed by atoms with Crippen molar-refractivity contribution in [2.75, 3.05) is 60.7 Å². The molecule has 53 heavy (non-hydrogen) atoms. The molecule has 0 N–H and O–H groups in total. The van der Waals surface area contributed by atoms with Gasteiger partial charge >= 0.3 is 24.5 Å². The third kappa shape index (κ3) is 12.1. The largest absolute Gasteiger partial charge is 0.466 e. The third-order valence-corrected chi connectivity index (χ3v) is 8.66. The molecular formula is C36H42F9N5O3. The van der Waals surface area contributed by atoms with E-state index in [4.69, 9.17) is 9.47 Å². The van der Waals surface area contributed by atoms with E-state index in [1.807, 2.05) is 16.7 Å². The number of esters is 1. The Labute approximate surface area is 301 Å². The lowest BCUT2D eigenvalue weighted by atomic mass is 10.0. The van der Waals surface area contributed by atoms with Crippen LogP contribution in [0.5, 0.6) is 0 Å². The summed E-state index contributed by atoms with van der Waals surface area (Å²) in [5.41, 5.74) is -3.30. The maximum atomic E-state index is 14.0. The molecule has 2 aromatic carbocycles. The van der Waals surface area contributed by atoms with Gasteiger partial charge < -0.3 is 24.2 Å². The zero-order chi connectivity index (χ0) is 38.8. The number of alkyl halides is 9. The highest BCUT2D eigenvalue weighted by atomic mass is 19.4. The van der Waals surface area contributed by atoms with E-state index in [-0.39, 0.29) is 43.1 Å². The van der Waals surface area contributed by atoms with Crippen LogP contribution in [0, 0.1) is 0 Å². The van der Waals surface area contributed by atoms with E-state index in [9.17, 15) is 44.3 Å². The van der Waals surface area contributed by atoms with Crippen molar-refractivity contribution in [3.05, 3.63) is 76.6 Å². The summed E-state index contributed by atoms with van der Waals surface area (Å²) in [6, 6.07) is 4.35. The first-order valence-electron chi connectivity index (χ1n) is 17.3. The molecular weight excluding hydrogens is 721 g/mol. The molecule has 0 saturated carbocycles. The second kappa shape index (κ2) is 18.2. The lowest BCUT2D eigenvalue weighted by Crippen LogP contribution is -2.36. The van der Waals surface area contributed by atoms with Crippen LogP contribution >= 0.6 is 0 Å². The molecule has 0 spiro atoms. The number of carbonyl (C=O) groups is 1. The van der Waals surface area contributed by atoms with Crippen LogP contribution in [0.4, 0.5) is 56.8 Å². The van der Waals surface area contributed by atoms with Gasteiger partial charge in [-0.3, -0.25) is 4.79 Å². The lowest BCUT2D eigenvalue weighted by Gasteiger charge is -2.31. The van der Waals surface area contributed by atoms with E-state index in [0.717, 1.165) is 25.0 Å². The van der Waals surface area contributed by atoms with Crippen LogP contribution in [0.1, 0.15) is 73.8 Å². The Morgan fingerprint density at radius 1 is 0.774 bits per heavy atom. The number of benzene rings is 2. The van der Waals surface area contributed by atoms with E-state index < -0.39 is 47.3 Å². The number of nitrogens with zero attached hydrogens (tertiary/aromatic N) is 5.